The lowest BCUT2D eigenvalue weighted by molar-refractivity contribution is -0.133. The van der Waals surface area contributed by atoms with Crippen LogP contribution in [0.1, 0.15) is 13.8 Å². The van der Waals surface area contributed by atoms with Crippen molar-refractivity contribution in [2.24, 2.45) is 0 Å². The number of hydrogen-bond acceptors (Lipinski definition) is 6. The lowest BCUT2D eigenvalue weighted by Gasteiger charge is -2.25. The van der Waals surface area contributed by atoms with Gasteiger partial charge in [0.15, 0.2) is 5.16 Å². The molecule has 0 unspecified atom stereocenters. The first kappa shape index (κ1) is 16.0. The van der Waals surface area contributed by atoms with E-state index in [1.165, 1.54) is 15.9 Å². The molecule has 0 atom stereocenters. The van der Waals surface area contributed by atoms with Gasteiger partial charge in [-0.05, 0) is 25.3 Å². The van der Waals surface area contributed by atoms with E-state index in [4.69, 9.17) is 9.84 Å². The summed E-state index contributed by atoms with van der Waals surface area (Å²) in [5.74, 6) is -1.09. The fourth-order valence-corrected chi connectivity index (χ4v) is 3.28. The highest BCUT2D eigenvalue weighted by Crippen LogP contribution is 2.23. The van der Waals surface area contributed by atoms with Crippen molar-refractivity contribution in [2.45, 2.75) is 31.1 Å². The van der Waals surface area contributed by atoms with Crippen LogP contribution >= 0.6 is 23.1 Å². The Morgan fingerprint density at radius 3 is 2.90 bits per heavy atom. The summed E-state index contributed by atoms with van der Waals surface area (Å²) < 4.78 is 6.85. The fourth-order valence-electron chi connectivity index (χ4n) is 1.75. The first-order valence-electron chi connectivity index (χ1n) is 6.22. The van der Waals surface area contributed by atoms with Gasteiger partial charge in [0.2, 0.25) is 0 Å². The van der Waals surface area contributed by atoms with Gasteiger partial charge in [-0.1, -0.05) is 11.8 Å². The Bertz CT molecular complexity index is 721. The molecule has 1 N–H and O–H groups in total. The number of hydrogen-bond donors (Lipinski definition) is 1. The second-order valence-corrected chi connectivity index (χ2v) is 6.91. The van der Waals surface area contributed by atoms with E-state index in [9.17, 15) is 9.59 Å². The van der Waals surface area contributed by atoms with Gasteiger partial charge in [0.05, 0.1) is 23.3 Å². The molecule has 0 spiro atoms. The summed E-state index contributed by atoms with van der Waals surface area (Å²) in [4.78, 5) is 28.4. The molecule has 2 aromatic heterocycles. The number of nitrogens with zero attached hydrogens (tertiary/aromatic N) is 2. The lowest BCUT2D eigenvalue weighted by atomic mass is 10.1. The number of carboxylic acids is 1. The van der Waals surface area contributed by atoms with Gasteiger partial charge in [-0.15, -0.1) is 11.3 Å². The van der Waals surface area contributed by atoms with E-state index in [-0.39, 0.29) is 11.3 Å². The molecule has 0 radical (unpaired) electrons. The van der Waals surface area contributed by atoms with Crippen molar-refractivity contribution in [3.63, 3.8) is 0 Å². The van der Waals surface area contributed by atoms with Gasteiger partial charge in [0, 0.05) is 7.11 Å². The number of carbonyl (C=O) groups is 1. The Labute approximate surface area is 129 Å². The quantitative estimate of drug-likeness (QED) is 0.646. The van der Waals surface area contributed by atoms with Crippen molar-refractivity contribution >= 4 is 39.3 Å². The number of fused-ring (bicyclic) bond motifs is 1. The molecule has 2 heterocycles. The van der Waals surface area contributed by atoms with Crippen molar-refractivity contribution in [2.75, 3.05) is 12.9 Å². The van der Waals surface area contributed by atoms with Crippen LogP contribution in [0.5, 0.6) is 0 Å². The van der Waals surface area contributed by atoms with Gasteiger partial charge in [-0.3, -0.25) is 14.2 Å². The number of ether oxygens (including phenoxy) is 1. The van der Waals surface area contributed by atoms with Crippen LogP contribution in [0, 0.1) is 0 Å². The molecule has 0 aliphatic carbocycles. The molecular formula is C13H16N2O4S2. The Hall–Kier alpha value is -1.38. The molecule has 6 nitrogen and oxygen atoms in total. The molecule has 114 valence electrons. The Morgan fingerprint density at radius 2 is 2.29 bits per heavy atom. The summed E-state index contributed by atoms with van der Waals surface area (Å²) in [6, 6.07) is 1.73. The monoisotopic (exact) mass is 328 g/mol. The van der Waals surface area contributed by atoms with Gasteiger partial charge in [0.25, 0.3) is 5.56 Å². The molecule has 0 saturated heterocycles. The van der Waals surface area contributed by atoms with Crippen LogP contribution in [0.15, 0.2) is 21.4 Å². The van der Waals surface area contributed by atoms with Crippen molar-refractivity contribution < 1.29 is 14.6 Å². The number of rotatable bonds is 6. The predicted molar refractivity (Wildman–Crippen MR) is 83.3 cm³/mol. The molecule has 0 aromatic carbocycles. The molecule has 0 amide bonds. The topological polar surface area (TPSA) is 81.4 Å². The third-order valence-corrected chi connectivity index (χ3v) is 4.73. The van der Waals surface area contributed by atoms with Crippen LogP contribution in [-0.2, 0) is 16.1 Å². The minimum Gasteiger partial charge on any atom is -0.481 e. The standard InChI is InChI=1S/C13H16N2O4S2/c1-13(2,19-3)7-15-11(18)8-4-5-20-10(8)14-12(15)21-6-9(16)17/h4-5H,6-7H2,1-3H3,(H,16,17). The second-order valence-electron chi connectivity index (χ2n) is 5.07. The number of thiophene rings is 1. The lowest BCUT2D eigenvalue weighted by Crippen LogP contribution is -2.35. The van der Waals surface area contributed by atoms with Gasteiger partial charge in [-0.2, -0.15) is 0 Å². The van der Waals surface area contributed by atoms with E-state index in [2.05, 4.69) is 4.98 Å². The molecule has 2 rings (SSSR count). The van der Waals surface area contributed by atoms with E-state index in [0.29, 0.717) is 21.9 Å². The number of aromatic nitrogens is 2. The van der Waals surface area contributed by atoms with E-state index in [0.717, 1.165) is 11.8 Å². The van der Waals surface area contributed by atoms with Gasteiger partial charge in [0.1, 0.15) is 4.83 Å². The predicted octanol–water partition coefficient (Wildman–Crippen LogP) is 2.06. The number of thioether (sulfide) groups is 1. The summed E-state index contributed by atoms with van der Waals surface area (Å²) in [6.07, 6.45) is 0. The first-order valence-corrected chi connectivity index (χ1v) is 8.08. The SMILES string of the molecule is COC(C)(C)Cn1c(SCC(=O)O)nc2sccc2c1=O. The fraction of sp³-hybridized carbons (Fsp3) is 0.462. The largest absolute Gasteiger partial charge is 0.481 e. The van der Waals surface area contributed by atoms with Crippen LogP contribution in [0.2, 0.25) is 0 Å². The molecule has 0 saturated carbocycles. The van der Waals surface area contributed by atoms with Crippen molar-refractivity contribution in [1.82, 2.24) is 9.55 Å². The van der Waals surface area contributed by atoms with Crippen molar-refractivity contribution in [3.05, 3.63) is 21.8 Å². The molecule has 0 aliphatic rings. The highest BCUT2D eigenvalue weighted by Gasteiger charge is 2.22. The summed E-state index contributed by atoms with van der Waals surface area (Å²) in [5, 5.41) is 11.6. The third kappa shape index (κ3) is 3.63. The number of methoxy groups -OCH3 is 1. The van der Waals surface area contributed by atoms with Crippen LogP contribution < -0.4 is 5.56 Å². The maximum Gasteiger partial charge on any atom is 0.313 e. The first-order chi connectivity index (χ1) is 9.84. The number of aliphatic carboxylic acids is 1. The Morgan fingerprint density at radius 1 is 1.57 bits per heavy atom. The van der Waals surface area contributed by atoms with Crippen molar-refractivity contribution in [3.8, 4) is 0 Å². The van der Waals surface area contributed by atoms with E-state index < -0.39 is 11.6 Å². The highest BCUT2D eigenvalue weighted by molar-refractivity contribution is 7.99. The molecule has 2 aromatic rings. The molecule has 0 fully saturated rings. The summed E-state index contributed by atoms with van der Waals surface area (Å²) in [6.45, 7) is 4.04. The minimum absolute atomic E-state index is 0.142. The molecular weight excluding hydrogens is 312 g/mol. The maximum absolute atomic E-state index is 12.6. The molecule has 21 heavy (non-hydrogen) atoms. The van der Waals surface area contributed by atoms with Crippen LogP contribution in [0.3, 0.4) is 0 Å². The van der Waals surface area contributed by atoms with Crippen LogP contribution in [-0.4, -0.2) is 39.1 Å². The van der Waals surface area contributed by atoms with Gasteiger partial charge in [-0.25, -0.2) is 4.98 Å². The third-order valence-electron chi connectivity index (χ3n) is 2.96. The van der Waals surface area contributed by atoms with E-state index in [1.54, 1.807) is 18.6 Å². The summed E-state index contributed by atoms with van der Waals surface area (Å²) in [5.41, 5.74) is -0.715. The van der Waals surface area contributed by atoms with Gasteiger partial charge < -0.3 is 9.84 Å². The number of carboxylic acid groups (broad SMARTS) is 1. The molecule has 0 aliphatic heterocycles. The average molecular weight is 328 g/mol. The zero-order valence-electron chi connectivity index (χ0n) is 12.0. The zero-order valence-corrected chi connectivity index (χ0v) is 13.6. The zero-order chi connectivity index (χ0) is 15.6. The Kier molecular flexibility index (Phi) is 4.70. The van der Waals surface area contributed by atoms with Crippen LogP contribution in [0.4, 0.5) is 0 Å². The Balaban J connectivity index is 2.52. The molecule has 0 bridgehead atoms. The van der Waals surface area contributed by atoms with E-state index >= 15 is 0 Å². The normalized spacial score (nSPS) is 12.0. The van der Waals surface area contributed by atoms with Gasteiger partial charge >= 0.3 is 5.97 Å². The minimum atomic E-state index is -0.946. The highest BCUT2D eigenvalue weighted by atomic mass is 32.2. The summed E-state index contributed by atoms with van der Waals surface area (Å²) >= 11 is 2.41. The second kappa shape index (κ2) is 6.17. The summed E-state index contributed by atoms with van der Waals surface area (Å²) in [7, 11) is 1.58. The smallest absolute Gasteiger partial charge is 0.313 e. The average Bonchev–Trinajstić information content (AvgIpc) is 2.88. The van der Waals surface area contributed by atoms with Crippen molar-refractivity contribution in [1.29, 1.82) is 0 Å². The van der Waals surface area contributed by atoms with Crippen LogP contribution in [0.25, 0.3) is 10.2 Å². The maximum atomic E-state index is 12.6. The van der Waals surface area contributed by atoms with E-state index in [1.807, 2.05) is 13.8 Å². The molecule has 8 heteroatoms.